The molecule has 0 radical (unpaired) electrons. The summed E-state index contributed by atoms with van der Waals surface area (Å²) in [5.74, 6) is -0.0266. The van der Waals surface area contributed by atoms with Crippen LogP contribution in [0, 0.1) is 13.8 Å². The van der Waals surface area contributed by atoms with Gasteiger partial charge in [0.1, 0.15) is 5.70 Å². The Morgan fingerprint density at radius 2 is 1.83 bits per heavy atom. The molecule has 2 heterocycles. The molecule has 152 valence electrons. The molecule has 29 heavy (non-hydrogen) atoms. The average Bonchev–Trinajstić information content (AvgIpc) is 3.13. The van der Waals surface area contributed by atoms with Crippen molar-refractivity contribution in [3.05, 3.63) is 57.0 Å². The average molecular weight is 448 g/mol. The zero-order valence-corrected chi connectivity index (χ0v) is 18.8. The molecule has 2 aliphatic rings. The van der Waals surface area contributed by atoms with Crippen LogP contribution in [0.5, 0.6) is 0 Å². The minimum absolute atomic E-state index is 0.0266. The fourth-order valence-electron chi connectivity index (χ4n) is 4.33. The van der Waals surface area contributed by atoms with E-state index in [-0.39, 0.29) is 11.9 Å². The summed E-state index contributed by atoms with van der Waals surface area (Å²) < 4.78 is 2.10. The Balaban J connectivity index is 1.66. The summed E-state index contributed by atoms with van der Waals surface area (Å²) in [6, 6.07) is 7.85. The van der Waals surface area contributed by atoms with Crippen molar-refractivity contribution in [1.82, 2.24) is 14.8 Å². The van der Waals surface area contributed by atoms with Crippen molar-refractivity contribution in [2.24, 2.45) is 0 Å². The molecule has 4 nitrogen and oxygen atoms in total. The van der Waals surface area contributed by atoms with Gasteiger partial charge in [0.2, 0.25) is 0 Å². The first-order valence-electron chi connectivity index (χ1n) is 9.87. The normalized spacial score (nSPS) is 19.3. The van der Waals surface area contributed by atoms with E-state index in [4.69, 9.17) is 35.4 Å². The van der Waals surface area contributed by atoms with Crippen molar-refractivity contribution in [2.45, 2.75) is 52.0 Å². The first kappa shape index (κ1) is 20.5. The van der Waals surface area contributed by atoms with Crippen LogP contribution < -0.4 is 5.32 Å². The Hall–Kier alpha value is -1.82. The molecule has 4 rings (SSSR count). The van der Waals surface area contributed by atoms with E-state index >= 15 is 0 Å². The van der Waals surface area contributed by atoms with E-state index in [1.807, 2.05) is 32.1 Å². The zero-order valence-electron chi connectivity index (χ0n) is 16.5. The Kier molecular flexibility index (Phi) is 5.74. The van der Waals surface area contributed by atoms with Gasteiger partial charge in [-0.3, -0.25) is 9.69 Å². The van der Waals surface area contributed by atoms with Gasteiger partial charge in [-0.2, -0.15) is 0 Å². The number of hydrogen-bond donors (Lipinski definition) is 1. The van der Waals surface area contributed by atoms with Crippen LogP contribution in [0.2, 0.25) is 10.0 Å². The summed E-state index contributed by atoms with van der Waals surface area (Å²) in [4.78, 5) is 14.8. The fraction of sp³-hybridized carbons (Fsp3) is 0.364. The predicted octanol–water partition coefficient (Wildman–Crippen LogP) is 5.79. The number of halogens is 2. The lowest BCUT2D eigenvalue weighted by atomic mass is 9.94. The molecule has 1 saturated carbocycles. The van der Waals surface area contributed by atoms with Crippen LogP contribution >= 0.6 is 35.4 Å². The second kappa shape index (κ2) is 8.13. The van der Waals surface area contributed by atoms with E-state index in [1.54, 1.807) is 11.0 Å². The molecule has 1 aromatic heterocycles. The van der Waals surface area contributed by atoms with Crippen molar-refractivity contribution in [1.29, 1.82) is 0 Å². The lowest BCUT2D eigenvalue weighted by Gasteiger charge is -2.29. The quantitative estimate of drug-likeness (QED) is 0.477. The van der Waals surface area contributed by atoms with Gasteiger partial charge >= 0.3 is 0 Å². The lowest BCUT2D eigenvalue weighted by molar-refractivity contribution is -0.124. The lowest BCUT2D eigenvalue weighted by Crippen LogP contribution is -2.41. The highest BCUT2D eigenvalue weighted by molar-refractivity contribution is 7.80. The van der Waals surface area contributed by atoms with Crippen LogP contribution in [0.1, 0.15) is 49.1 Å². The van der Waals surface area contributed by atoms with E-state index < -0.39 is 0 Å². The van der Waals surface area contributed by atoms with Crippen LogP contribution in [0.4, 0.5) is 0 Å². The Bertz CT molecular complexity index is 1020. The second-order valence-electron chi connectivity index (χ2n) is 7.72. The largest absolute Gasteiger partial charge is 0.328 e. The molecule has 2 fully saturated rings. The predicted molar refractivity (Wildman–Crippen MR) is 123 cm³/mol. The van der Waals surface area contributed by atoms with Crippen LogP contribution in [-0.2, 0) is 4.79 Å². The third-order valence-electron chi connectivity index (χ3n) is 5.78. The number of aromatic nitrogens is 1. The summed E-state index contributed by atoms with van der Waals surface area (Å²) in [7, 11) is 0. The molecule has 1 amide bonds. The van der Waals surface area contributed by atoms with Gasteiger partial charge in [0.15, 0.2) is 5.11 Å². The SMILES string of the molecule is Cc1cc(/C=C2\NC(=S)N(C3CCCCC3)C2=O)c(C)n1-c1ccc(Cl)c(Cl)c1. The van der Waals surface area contributed by atoms with Crippen molar-refractivity contribution in [3.63, 3.8) is 0 Å². The highest BCUT2D eigenvalue weighted by Crippen LogP contribution is 2.30. The molecular weight excluding hydrogens is 425 g/mol. The minimum Gasteiger partial charge on any atom is -0.328 e. The van der Waals surface area contributed by atoms with Crippen LogP contribution in [-0.4, -0.2) is 26.5 Å². The van der Waals surface area contributed by atoms with Gasteiger partial charge in [0.25, 0.3) is 5.91 Å². The maximum absolute atomic E-state index is 13.0. The molecule has 1 aliphatic carbocycles. The molecule has 2 aromatic rings. The van der Waals surface area contributed by atoms with Gasteiger partial charge in [-0.05, 0) is 74.8 Å². The Labute approximate surface area is 186 Å². The number of thiocarbonyl (C=S) groups is 1. The monoisotopic (exact) mass is 447 g/mol. The van der Waals surface area contributed by atoms with Crippen molar-refractivity contribution in [3.8, 4) is 5.69 Å². The number of carbonyl (C=O) groups excluding carboxylic acids is 1. The third-order valence-corrected chi connectivity index (χ3v) is 6.82. The van der Waals surface area contributed by atoms with Crippen LogP contribution in [0.15, 0.2) is 30.0 Å². The maximum Gasteiger partial charge on any atom is 0.276 e. The van der Waals surface area contributed by atoms with Gasteiger partial charge in [0, 0.05) is 23.1 Å². The molecule has 0 unspecified atom stereocenters. The van der Waals surface area contributed by atoms with Gasteiger partial charge < -0.3 is 9.88 Å². The van der Waals surface area contributed by atoms with E-state index in [1.165, 1.54) is 6.42 Å². The summed E-state index contributed by atoms with van der Waals surface area (Å²) in [6.07, 6.45) is 7.48. The molecule has 7 heteroatoms. The van der Waals surface area contributed by atoms with E-state index in [9.17, 15) is 4.79 Å². The smallest absolute Gasteiger partial charge is 0.276 e. The van der Waals surface area contributed by atoms with Gasteiger partial charge in [-0.15, -0.1) is 0 Å². The number of amides is 1. The topological polar surface area (TPSA) is 37.3 Å². The van der Waals surface area contributed by atoms with Crippen molar-refractivity contribution < 1.29 is 4.79 Å². The third kappa shape index (κ3) is 3.83. The number of nitrogens with zero attached hydrogens (tertiary/aromatic N) is 2. The highest BCUT2D eigenvalue weighted by atomic mass is 35.5. The maximum atomic E-state index is 13.0. The number of benzene rings is 1. The second-order valence-corrected chi connectivity index (χ2v) is 8.92. The fourth-order valence-corrected chi connectivity index (χ4v) is 4.96. The molecule has 1 aliphatic heterocycles. The zero-order chi connectivity index (χ0) is 20.7. The molecule has 1 saturated heterocycles. The summed E-state index contributed by atoms with van der Waals surface area (Å²) in [6.45, 7) is 4.05. The van der Waals surface area contributed by atoms with Crippen molar-refractivity contribution >= 4 is 52.5 Å². The van der Waals surface area contributed by atoms with Crippen LogP contribution in [0.25, 0.3) is 11.8 Å². The van der Waals surface area contributed by atoms with E-state index in [2.05, 4.69) is 16.0 Å². The van der Waals surface area contributed by atoms with E-state index in [0.29, 0.717) is 20.9 Å². The highest BCUT2D eigenvalue weighted by Gasteiger charge is 2.36. The molecule has 0 spiro atoms. The standard InChI is InChI=1S/C22H23Cl2N3OS/c1-13-10-15(14(2)26(13)17-8-9-18(23)19(24)12-17)11-20-21(28)27(22(29)25-20)16-6-4-3-5-7-16/h8-12,16H,3-7H2,1-2H3,(H,25,29)/b20-11-. The minimum atomic E-state index is -0.0266. The first-order valence-corrected chi connectivity index (χ1v) is 11.0. The molecule has 1 N–H and O–H groups in total. The first-order chi connectivity index (χ1) is 13.9. The molecule has 1 aromatic carbocycles. The number of carbonyl (C=O) groups is 1. The van der Waals surface area contributed by atoms with Gasteiger partial charge in [-0.1, -0.05) is 42.5 Å². The summed E-state index contributed by atoms with van der Waals surface area (Å²) in [5.41, 5.74) is 4.51. The number of nitrogens with one attached hydrogen (secondary N) is 1. The number of aryl methyl sites for hydroxylation is 1. The number of rotatable bonds is 3. The van der Waals surface area contributed by atoms with Crippen LogP contribution in [0.3, 0.4) is 0 Å². The Morgan fingerprint density at radius 3 is 2.52 bits per heavy atom. The molecular formula is C22H23Cl2N3OS. The van der Waals surface area contributed by atoms with Gasteiger partial charge in [0.05, 0.1) is 10.0 Å². The summed E-state index contributed by atoms with van der Waals surface area (Å²) >= 11 is 17.7. The Morgan fingerprint density at radius 1 is 1.10 bits per heavy atom. The molecule has 0 atom stereocenters. The van der Waals surface area contributed by atoms with Gasteiger partial charge in [-0.25, -0.2) is 0 Å². The van der Waals surface area contributed by atoms with Crippen molar-refractivity contribution in [2.75, 3.05) is 0 Å². The number of hydrogen-bond acceptors (Lipinski definition) is 2. The summed E-state index contributed by atoms with van der Waals surface area (Å²) in [5, 5.41) is 4.69. The van der Waals surface area contributed by atoms with E-state index in [0.717, 1.165) is 48.3 Å². The molecule has 0 bridgehead atoms.